The smallest absolute Gasteiger partial charge is 0.281 e. The number of H-pyrrole nitrogens is 1. The Bertz CT molecular complexity index is 835. The van der Waals surface area contributed by atoms with Crippen LogP contribution < -0.4 is 0 Å². The fourth-order valence-corrected chi connectivity index (χ4v) is 5.30. The zero-order valence-corrected chi connectivity index (χ0v) is 17.8. The SMILES string of the molecule is C[C@H]1CCCN(S(=O)(=O)N(C)CCCCCc2cc(-c3ccccc3)n[nH]2)C1. The Balaban J connectivity index is 1.39. The lowest BCUT2D eigenvalue weighted by Crippen LogP contribution is -2.46. The lowest BCUT2D eigenvalue weighted by Gasteiger charge is -2.33. The van der Waals surface area contributed by atoms with Crippen LogP contribution in [0.25, 0.3) is 11.3 Å². The van der Waals surface area contributed by atoms with Gasteiger partial charge in [-0.15, -0.1) is 0 Å². The number of aromatic nitrogens is 2. The standard InChI is InChI=1S/C21H32N4O2S/c1-18-10-9-15-25(17-18)28(26,27)24(2)14-8-4-7-13-20-16-21(23-22-20)19-11-5-3-6-12-19/h3,5-6,11-12,16,18H,4,7-10,13-15,17H2,1-2H3,(H,22,23)/t18-/m0/s1. The third kappa shape index (κ3) is 5.43. The van der Waals surface area contributed by atoms with Gasteiger partial charge in [0.05, 0.1) is 5.69 Å². The molecule has 28 heavy (non-hydrogen) atoms. The van der Waals surface area contributed by atoms with E-state index in [2.05, 4.69) is 35.3 Å². The van der Waals surface area contributed by atoms with Crippen LogP contribution in [0.2, 0.25) is 0 Å². The summed E-state index contributed by atoms with van der Waals surface area (Å²) in [6, 6.07) is 12.2. The van der Waals surface area contributed by atoms with Crippen LogP contribution in [-0.2, 0) is 16.6 Å². The molecule has 0 amide bonds. The minimum Gasteiger partial charge on any atom is -0.282 e. The van der Waals surface area contributed by atoms with E-state index in [0.29, 0.717) is 25.6 Å². The molecule has 0 bridgehead atoms. The van der Waals surface area contributed by atoms with E-state index in [9.17, 15) is 8.42 Å². The summed E-state index contributed by atoms with van der Waals surface area (Å²) in [6.07, 6.45) is 5.90. The van der Waals surface area contributed by atoms with Crippen molar-refractivity contribution >= 4 is 10.2 Å². The number of hydrogen-bond donors (Lipinski definition) is 1. The number of hydrogen-bond acceptors (Lipinski definition) is 3. The van der Waals surface area contributed by atoms with E-state index in [1.54, 1.807) is 11.4 Å². The highest BCUT2D eigenvalue weighted by Gasteiger charge is 2.30. The minimum atomic E-state index is -3.31. The maximum absolute atomic E-state index is 12.7. The average molecular weight is 405 g/mol. The second-order valence-corrected chi connectivity index (χ2v) is 9.93. The Kier molecular flexibility index (Phi) is 7.26. The van der Waals surface area contributed by atoms with Crippen molar-refractivity contribution in [3.05, 3.63) is 42.1 Å². The molecule has 3 rings (SSSR count). The number of benzene rings is 1. The molecule has 154 valence electrons. The molecule has 1 aliphatic heterocycles. The zero-order valence-electron chi connectivity index (χ0n) is 17.0. The predicted octanol–water partition coefficient (Wildman–Crippen LogP) is 3.70. The molecule has 1 fully saturated rings. The molecule has 0 aliphatic carbocycles. The average Bonchev–Trinajstić information content (AvgIpc) is 3.17. The molecular formula is C21H32N4O2S. The normalized spacial score (nSPS) is 18.6. The van der Waals surface area contributed by atoms with Crippen molar-refractivity contribution in [3.63, 3.8) is 0 Å². The summed E-state index contributed by atoms with van der Waals surface area (Å²) in [5.74, 6) is 0.451. The lowest BCUT2D eigenvalue weighted by molar-refractivity contribution is 0.263. The van der Waals surface area contributed by atoms with Crippen molar-refractivity contribution in [1.29, 1.82) is 0 Å². The Morgan fingerprint density at radius 1 is 1.21 bits per heavy atom. The van der Waals surface area contributed by atoms with E-state index in [4.69, 9.17) is 0 Å². The van der Waals surface area contributed by atoms with Gasteiger partial charge < -0.3 is 0 Å². The molecule has 1 aliphatic rings. The summed E-state index contributed by atoms with van der Waals surface area (Å²) in [7, 11) is -1.61. The summed E-state index contributed by atoms with van der Waals surface area (Å²) in [5.41, 5.74) is 3.21. The zero-order chi connectivity index (χ0) is 20.0. The molecule has 1 saturated heterocycles. The third-order valence-corrected chi connectivity index (χ3v) is 7.41. The molecule has 0 saturated carbocycles. The highest BCUT2D eigenvalue weighted by Crippen LogP contribution is 2.21. The molecule has 2 aromatic rings. The summed E-state index contributed by atoms with van der Waals surface area (Å²) >= 11 is 0. The fraction of sp³-hybridized carbons (Fsp3) is 0.571. The van der Waals surface area contributed by atoms with Gasteiger partial charge in [0.15, 0.2) is 0 Å². The van der Waals surface area contributed by atoms with E-state index in [-0.39, 0.29) is 0 Å². The number of aryl methyl sites for hydroxylation is 1. The molecule has 0 radical (unpaired) electrons. The highest BCUT2D eigenvalue weighted by molar-refractivity contribution is 7.86. The molecular weight excluding hydrogens is 372 g/mol. The number of rotatable bonds is 9. The molecule has 7 heteroatoms. The van der Waals surface area contributed by atoms with Crippen LogP contribution in [0.4, 0.5) is 0 Å². The molecule has 1 N–H and O–H groups in total. The maximum Gasteiger partial charge on any atom is 0.281 e. The second-order valence-electron chi connectivity index (χ2n) is 7.89. The van der Waals surface area contributed by atoms with Gasteiger partial charge in [0.25, 0.3) is 10.2 Å². The number of nitrogens with one attached hydrogen (secondary N) is 1. The van der Waals surface area contributed by atoms with Crippen molar-refractivity contribution in [2.45, 2.75) is 45.4 Å². The molecule has 0 unspecified atom stereocenters. The van der Waals surface area contributed by atoms with E-state index in [1.807, 2.05) is 18.2 Å². The Morgan fingerprint density at radius 2 is 2.00 bits per heavy atom. The third-order valence-electron chi connectivity index (χ3n) is 5.46. The van der Waals surface area contributed by atoms with Gasteiger partial charge in [0.1, 0.15) is 0 Å². The van der Waals surface area contributed by atoms with E-state index < -0.39 is 10.2 Å². The summed E-state index contributed by atoms with van der Waals surface area (Å²) in [6.45, 7) is 4.00. The predicted molar refractivity (Wildman–Crippen MR) is 113 cm³/mol. The lowest BCUT2D eigenvalue weighted by atomic mass is 10.0. The molecule has 1 aromatic heterocycles. The van der Waals surface area contributed by atoms with E-state index >= 15 is 0 Å². The highest BCUT2D eigenvalue weighted by atomic mass is 32.2. The van der Waals surface area contributed by atoms with Gasteiger partial charge >= 0.3 is 0 Å². The van der Waals surface area contributed by atoms with Gasteiger partial charge in [-0.3, -0.25) is 5.10 Å². The first kappa shape index (κ1) is 21.0. The maximum atomic E-state index is 12.7. The van der Waals surface area contributed by atoms with Crippen LogP contribution in [0.5, 0.6) is 0 Å². The Labute approximate surface area is 169 Å². The van der Waals surface area contributed by atoms with Gasteiger partial charge in [-0.05, 0) is 44.1 Å². The summed E-state index contributed by atoms with van der Waals surface area (Å²) in [4.78, 5) is 0. The Hall–Kier alpha value is -1.70. The number of piperidine rings is 1. The number of aromatic amines is 1. The topological polar surface area (TPSA) is 69.3 Å². The Morgan fingerprint density at radius 3 is 2.75 bits per heavy atom. The van der Waals surface area contributed by atoms with Gasteiger partial charge in [0, 0.05) is 37.9 Å². The fourth-order valence-electron chi connectivity index (χ4n) is 3.74. The minimum absolute atomic E-state index is 0.451. The van der Waals surface area contributed by atoms with Crippen LogP contribution in [-0.4, -0.2) is 53.9 Å². The van der Waals surface area contributed by atoms with Gasteiger partial charge in [0.2, 0.25) is 0 Å². The molecule has 6 nitrogen and oxygen atoms in total. The molecule has 2 heterocycles. The molecule has 0 spiro atoms. The van der Waals surface area contributed by atoms with Crippen molar-refractivity contribution in [1.82, 2.24) is 18.8 Å². The number of unbranched alkanes of at least 4 members (excludes halogenated alkanes) is 2. The van der Waals surface area contributed by atoms with Gasteiger partial charge in [-0.25, -0.2) is 0 Å². The van der Waals surface area contributed by atoms with Crippen LogP contribution in [0.3, 0.4) is 0 Å². The van der Waals surface area contributed by atoms with E-state index in [0.717, 1.165) is 55.5 Å². The second kappa shape index (κ2) is 9.67. The van der Waals surface area contributed by atoms with Gasteiger partial charge in [-0.1, -0.05) is 43.7 Å². The van der Waals surface area contributed by atoms with Crippen LogP contribution in [0, 0.1) is 5.92 Å². The van der Waals surface area contributed by atoms with Crippen LogP contribution in [0.15, 0.2) is 36.4 Å². The largest absolute Gasteiger partial charge is 0.282 e. The van der Waals surface area contributed by atoms with Gasteiger partial charge in [-0.2, -0.15) is 22.1 Å². The van der Waals surface area contributed by atoms with Crippen molar-refractivity contribution in [2.75, 3.05) is 26.7 Å². The molecule has 1 aromatic carbocycles. The molecule has 1 atom stereocenters. The van der Waals surface area contributed by atoms with Crippen molar-refractivity contribution in [3.8, 4) is 11.3 Å². The van der Waals surface area contributed by atoms with E-state index in [1.165, 1.54) is 4.31 Å². The first-order valence-corrected chi connectivity index (χ1v) is 11.7. The van der Waals surface area contributed by atoms with Crippen LogP contribution >= 0.6 is 0 Å². The van der Waals surface area contributed by atoms with Crippen LogP contribution in [0.1, 0.15) is 44.7 Å². The monoisotopic (exact) mass is 404 g/mol. The quantitative estimate of drug-likeness (QED) is 0.648. The summed E-state index contributed by atoms with van der Waals surface area (Å²) in [5, 5.41) is 7.50. The first-order chi connectivity index (χ1) is 13.5. The number of nitrogens with zero attached hydrogens (tertiary/aromatic N) is 3. The summed E-state index contributed by atoms with van der Waals surface area (Å²) < 4.78 is 28.6. The van der Waals surface area contributed by atoms with Crippen molar-refractivity contribution < 1.29 is 8.42 Å². The van der Waals surface area contributed by atoms with Crippen molar-refractivity contribution in [2.24, 2.45) is 5.92 Å². The first-order valence-electron chi connectivity index (χ1n) is 10.3.